The predicted octanol–water partition coefficient (Wildman–Crippen LogP) is 1.54. The standard InChI is InChI=1S/C20H26N4O4S.ClH/c1-12(2)17-18-16(24(20(17)26)29(3,27)28)8-9-23(18)19(25)13-4-5-15(21-10-13)11-22-14-6-7-14;/h4-5,8,10,12,14,17-18,22H,6-7,9,11H2,1-3H3;1H/t17-,18+;/m1./s1. The first-order chi connectivity index (χ1) is 13.7. The quantitative estimate of drug-likeness (QED) is 0.699. The molecule has 1 aliphatic carbocycles. The highest BCUT2D eigenvalue weighted by Crippen LogP contribution is 2.41. The lowest BCUT2D eigenvalue weighted by Crippen LogP contribution is -2.43. The van der Waals surface area contributed by atoms with Crippen molar-refractivity contribution in [3.8, 4) is 0 Å². The van der Waals surface area contributed by atoms with Gasteiger partial charge in [0.15, 0.2) is 0 Å². The summed E-state index contributed by atoms with van der Waals surface area (Å²) >= 11 is 0. The maximum Gasteiger partial charge on any atom is 0.256 e. The van der Waals surface area contributed by atoms with Crippen LogP contribution in [0.1, 0.15) is 42.7 Å². The van der Waals surface area contributed by atoms with Crippen LogP contribution in [-0.2, 0) is 21.4 Å². The van der Waals surface area contributed by atoms with Crippen LogP contribution in [0.25, 0.3) is 0 Å². The van der Waals surface area contributed by atoms with E-state index in [1.165, 1.54) is 12.8 Å². The average molecular weight is 455 g/mol. The number of carbonyl (C=O) groups is 2. The minimum Gasteiger partial charge on any atom is -0.325 e. The Morgan fingerprint density at radius 3 is 2.53 bits per heavy atom. The molecule has 2 atom stereocenters. The first kappa shape index (κ1) is 22.7. The Kier molecular flexibility index (Phi) is 6.27. The van der Waals surface area contributed by atoms with Gasteiger partial charge in [0.1, 0.15) is 0 Å². The Morgan fingerprint density at radius 2 is 2.00 bits per heavy atom. The van der Waals surface area contributed by atoms with E-state index in [9.17, 15) is 18.0 Å². The molecule has 3 aliphatic rings. The molecule has 1 aromatic rings. The summed E-state index contributed by atoms with van der Waals surface area (Å²) in [6.07, 6.45) is 6.64. The number of amides is 2. The Bertz CT molecular complexity index is 973. The molecule has 10 heteroatoms. The van der Waals surface area contributed by atoms with Crippen molar-refractivity contribution in [2.75, 3.05) is 12.8 Å². The fourth-order valence-electron chi connectivity index (χ4n) is 4.14. The Labute approximate surface area is 183 Å². The summed E-state index contributed by atoms with van der Waals surface area (Å²) in [6.45, 7) is 4.68. The van der Waals surface area contributed by atoms with Crippen LogP contribution >= 0.6 is 12.4 Å². The first-order valence-corrected chi connectivity index (χ1v) is 11.8. The lowest BCUT2D eigenvalue weighted by Gasteiger charge is -2.28. The molecule has 2 fully saturated rings. The van der Waals surface area contributed by atoms with Crippen LogP contribution in [0.15, 0.2) is 30.1 Å². The maximum absolute atomic E-state index is 13.2. The summed E-state index contributed by atoms with van der Waals surface area (Å²) in [7, 11) is -3.74. The zero-order chi connectivity index (χ0) is 20.9. The number of hydrogen-bond acceptors (Lipinski definition) is 6. The van der Waals surface area contributed by atoms with Crippen molar-refractivity contribution in [3.63, 3.8) is 0 Å². The first-order valence-electron chi connectivity index (χ1n) is 9.92. The number of nitrogens with zero attached hydrogens (tertiary/aromatic N) is 3. The number of rotatable bonds is 6. The van der Waals surface area contributed by atoms with Crippen LogP contribution in [0.3, 0.4) is 0 Å². The Balaban J connectivity index is 0.00000256. The second kappa shape index (κ2) is 8.28. The normalized spacial score (nSPS) is 23.5. The molecule has 8 nitrogen and oxygen atoms in total. The number of halogens is 1. The number of carbonyl (C=O) groups excluding carboxylic acids is 2. The molecule has 1 aromatic heterocycles. The van der Waals surface area contributed by atoms with E-state index in [-0.39, 0.29) is 30.8 Å². The van der Waals surface area contributed by atoms with Gasteiger partial charge in [0.2, 0.25) is 15.9 Å². The van der Waals surface area contributed by atoms with E-state index in [0.717, 1.165) is 16.3 Å². The number of sulfonamides is 1. The van der Waals surface area contributed by atoms with Crippen LogP contribution in [0.5, 0.6) is 0 Å². The molecule has 2 amide bonds. The van der Waals surface area contributed by atoms with Crippen molar-refractivity contribution in [1.82, 2.24) is 19.5 Å². The monoisotopic (exact) mass is 454 g/mol. The van der Waals surface area contributed by atoms with Gasteiger partial charge in [-0.15, -0.1) is 12.4 Å². The van der Waals surface area contributed by atoms with Gasteiger partial charge >= 0.3 is 0 Å². The van der Waals surface area contributed by atoms with Gasteiger partial charge in [-0.3, -0.25) is 14.6 Å². The second-order valence-corrected chi connectivity index (χ2v) is 10.2. The molecular weight excluding hydrogens is 428 g/mol. The van der Waals surface area contributed by atoms with Gasteiger partial charge < -0.3 is 10.2 Å². The number of aromatic nitrogens is 1. The van der Waals surface area contributed by atoms with E-state index in [0.29, 0.717) is 23.8 Å². The molecule has 0 spiro atoms. The third-order valence-electron chi connectivity index (χ3n) is 5.73. The number of fused-ring (bicyclic) bond motifs is 1. The molecule has 0 unspecified atom stereocenters. The van der Waals surface area contributed by atoms with Gasteiger partial charge in [0.25, 0.3) is 5.91 Å². The zero-order valence-electron chi connectivity index (χ0n) is 17.2. The van der Waals surface area contributed by atoms with E-state index in [4.69, 9.17) is 0 Å². The van der Waals surface area contributed by atoms with Crippen LogP contribution in [0.2, 0.25) is 0 Å². The van der Waals surface area contributed by atoms with E-state index in [2.05, 4.69) is 10.3 Å². The van der Waals surface area contributed by atoms with E-state index in [1.54, 1.807) is 23.2 Å². The van der Waals surface area contributed by atoms with Crippen molar-refractivity contribution in [2.45, 2.75) is 45.3 Å². The summed E-state index contributed by atoms with van der Waals surface area (Å²) in [5.74, 6) is -1.40. The fraction of sp³-hybridized carbons (Fsp3) is 0.550. The van der Waals surface area contributed by atoms with Crippen molar-refractivity contribution in [1.29, 1.82) is 0 Å². The van der Waals surface area contributed by atoms with Gasteiger partial charge in [-0.2, -0.15) is 0 Å². The molecule has 2 aliphatic heterocycles. The minimum atomic E-state index is -3.74. The second-order valence-electron chi connectivity index (χ2n) is 8.36. The molecule has 30 heavy (non-hydrogen) atoms. The van der Waals surface area contributed by atoms with E-state index in [1.807, 2.05) is 19.9 Å². The highest BCUT2D eigenvalue weighted by Gasteiger charge is 2.54. The van der Waals surface area contributed by atoms with Crippen LogP contribution in [0, 0.1) is 11.8 Å². The predicted molar refractivity (Wildman–Crippen MR) is 114 cm³/mol. The van der Waals surface area contributed by atoms with Crippen molar-refractivity contribution in [3.05, 3.63) is 41.4 Å². The third-order valence-corrected chi connectivity index (χ3v) is 6.78. The zero-order valence-corrected chi connectivity index (χ0v) is 18.9. The molecule has 1 N–H and O–H groups in total. The third kappa shape index (κ3) is 4.10. The van der Waals surface area contributed by atoms with E-state index >= 15 is 0 Å². The highest BCUT2D eigenvalue weighted by atomic mass is 35.5. The molecule has 1 saturated heterocycles. The summed E-state index contributed by atoms with van der Waals surface area (Å²) in [5.41, 5.74) is 1.69. The van der Waals surface area contributed by atoms with Crippen LogP contribution in [0.4, 0.5) is 0 Å². The molecular formula is C20H27ClN4O4S. The van der Waals surface area contributed by atoms with Crippen molar-refractivity contribution < 1.29 is 18.0 Å². The van der Waals surface area contributed by atoms with Gasteiger partial charge in [-0.25, -0.2) is 12.7 Å². The number of pyridine rings is 1. The minimum absolute atomic E-state index is 0. The van der Waals surface area contributed by atoms with Crippen molar-refractivity contribution >= 4 is 34.2 Å². The molecule has 4 rings (SSSR count). The van der Waals surface area contributed by atoms with Crippen molar-refractivity contribution in [2.24, 2.45) is 11.8 Å². The van der Waals surface area contributed by atoms with Crippen LogP contribution in [-0.4, -0.2) is 59.3 Å². The summed E-state index contributed by atoms with van der Waals surface area (Å²) in [4.78, 5) is 32.0. The topological polar surface area (TPSA) is 99.7 Å². The molecule has 0 radical (unpaired) electrons. The van der Waals surface area contributed by atoms with Crippen LogP contribution < -0.4 is 5.32 Å². The molecule has 0 bridgehead atoms. The Hall–Kier alpha value is -1.97. The molecule has 3 heterocycles. The molecule has 0 aromatic carbocycles. The van der Waals surface area contributed by atoms with Gasteiger partial charge in [0, 0.05) is 25.3 Å². The number of hydrogen-bond donors (Lipinski definition) is 1. The van der Waals surface area contributed by atoms with Gasteiger partial charge in [-0.1, -0.05) is 13.8 Å². The number of nitrogens with one attached hydrogen (secondary N) is 1. The summed E-state index contributed by atoms with van der Waals surface area (Å²) in [5, 5.41) is 3.38. The SMILES string of the molecule is CC(C)[C@H]1C(=O)N(S(C)(=O)=O)C2=CCN(C(=O)c3ccc(CNC4CC4)nc3)[C@@H]21.Cl. The van der Waals surface area contributed by atoms with Gasteiger partial charge in [0.05, 0.1) is 35.2 Å². The van der Waals surface area contributed by atoms with Gasteiger partial charge in [-0.05, 0) is 37.0 Å². The summed E-state index contributed by atoms with van der Waals surface area (Å²) in [6, 6.07) is 3.58. The average Bonchev–Trinajstić information content (AvgIpc) is 3.31. The lowest BCUT2D eigenvalue weighted by molar-refractivity contribution is -0.128. The lowest BCUT2D eigenvalue weighted by atomic mass is 9.89. The largest absolute Gasteiger partial charge is 0.325 e. The maximum atomic E-state index is 13.2. The molecule has 1 saturated carbocycles. The smallest absolute Gasteiger partial charge is 0.256 e. The fourth-order valence-corrected chi connectivity index (χ4v) is 5.15. The highest BCUT2D eigenvalue weighted by molar-refractivity contribution is 7.89. The van der Waals surface area contributed by atoms with E-state index < -0.39 is 27.9 Å². The Morgan fingerprint density at radius 1 is 1.30 bits per heavy atom. The summed E-state index contributed by atoms with van der Waals surface area (Å²) < 4.78 is 25.3. The molecule has 164 valence electrons.